The van der Waals surface area contributed by atoms with Crippen LogP contribution in [0, 0.1) is 5.92 Å². The SMILES string of the molecule is COc1ccccc1SC[C@@H]1O[C@H](c2ccc(-c3ccccc3CNC(=O)Nc3ccc(Oc4ccccc4)cc3)cc2)O[C@H](c2ccc(CO)cc2)[C@@H]1C. The van der Waals surface area contributed by atoms with E-state index in [1.165, 1.54) is 0 Å². The lowest BCUT2D eigenvalue weighted by Crippen LogP contribution is -2.38. The highest BCUT2D eigenvalue weighted by Crippen LogP contribution is 2.44. The third-order valence-electron chi connectivity index (χ3n) is 9.64. The molecule has 9 heteroatoms. The van der Waals surface area contributed by atoms with Gasteiger partial charge in [-0.3, -0.25) is 0 Å². The van der Waals surface area contributed by atoms with Crippen LogP contribution in [0.4, 0.5) is 10.5 Å². The Kier molecular flexibility index (Phi) is 12.5. The van der Waals surface area contributed by atoms with E-state index < -0.39 is 6.29 Å². The van der Waals surface area contributed by atoms with Crippen LogP contribution >= 0.6 is 11.8 Å². The number of anilines is 1. The van der Waals surface area contributed by atoms with Crippen molar-refractivity contribution in [3.05, 3.63) is 174 Å². The molecule has 0 aliphatic carbocycles. The molecule has 4 atom stereocenters. The summed E-state index contributed by atoms with van der Waals surface area (Å²) in [5.41, 5.74) is 6.48. The van der Waals surface area contributed by atoms with Gasteiger partial charge in [-0.25, -0.2) is 4.79 Å². The number of urea groups is 1. The quantitative estimate of drug-likeness (QED) is 0.101. The molecule has 0 radical (unpaired) electrons. The van der Waals surface area contributed by atoms with Crippen molar-refractivity contribution in [2.24, 2.45) is 5.92 Å². The van der Waals surface area contributed by atoms with Crippen molar-refractivity contribution in [3.8, 4) is 28.4 Å². The number of amides is 2. The van der Waals surface area contributed by atoms with Gasteiger partial charge >= 0.3 is 6.03 Å². The summed E-state index contributed by atoms with van der Waals surface area (Å²) in [5.74, 6) is 3.05. The fraction of sp³-hybridized carbons (Fsp3) is 0.196. The second kappa shape index (κ2) is 18.2. The predicted octanol–water partition coefficient (Wildman–Crippen LogP) is 10.6. The molecule has 2 amide bonds. The summed E-state index contributed by atoms with van der Waals surface area (Å²) in [6, 6.07) is 48.8. The van der Waals surface area contributed by atoms with Crippen LogP contribution < -0.4 is 20.1 Å². The van der Waals surface area contributed by atoms with E-state index in [0.29, 0.717) is 23.7 Å². The zero-order valence-corrected chi connectivity index (χ0v) is 31.6. The Hall–Kier alpha value is -5.58. The number of ether oxygens (including phenoxy) is 4. The molecule has 0 spiro atoms. The van der Waals surface area contributed by atoms with Crippen molar-refractivity contribution >= 4 is 23.5 Å². The van der Waals surface area contributed by atoms with Crippen LogP contribution in [-0.4, -0.2) is 30.1 Å². The molecule has 0 bridgehead atoms. The van der Waals surface area contributed by atoms with Crippen LogP contribution in [0.15, 0.2) is 157 Å². The Morgan fingerprint density at radius 1 is 0.745 bits per heavy atom. The minimum absolute atomic E-state index is 0.00944. The average molecular weight is 753 g/mol. The van der Waals surface area contributed by atoms with Crippen molar-refractivity contribution < 1.29 is 28.8 Å². The van der Waals surface area contributed by atoms with Gasteiger partial charge < -0.3 is 34.7 Å². The minimum atomic E-state index is -0.587. The van der Waals surface area contributed by atoms with E-state index in [1.807, 2.05) is 115 Å². The predicted molar refractivity (Wildman–Crippen MR) is 217 cm³/mol. The largest absolute Gasteiger partial charge is 0.496 e. The normalized spacial score (nSPS) is 17.9. The first-order valence-corrected chi connectivity index (χ1v) is 19.3. The highest BCUT2D eigenvalue weighted by atomic mass is 32.2. The van der Waals surface area contributed by atoms with Gasteiger partial charge in [0.05, 0.1) is 25.9 Å². The highest BCUT2D eigenvalue weighted by molar-refractivity contribution is 7.99. The van der Waals surface area contributed by atoms with Gasteiger partial charge in [-0.05, 0) is 76.3 Å². The smallest absolute Gasteiger partial charge is 0.319 e. The van der Waals surface area contributed by atoms with Gasteiger partial charge in [-0.1, -0.05) is 110 Å². The van der Waals surface area contributed by atoms with E-state index in [9.17, 15) is 9.90 Å². The lowest BCUT2D eigenvalue weighted by molar-refractivity contribution is -0.268. The maximum absolute atomic E-state index is 12.9. The molecule has 55 heavy (non-hydrogen) atoms. The summed E-state index contributed by atoms with van der Waals surface area (Å²) < 4.78 is 24.9. The fourth-order valence-electron chi connectivity index (χ4n) is 6.58. The molecular formula is C46H44N2O6S. The zero-order valence-electron chi connectivity index (χ0n) is 30.8. The monoisotopic (exact) mass is 752 g/mol. The molecule has 0 aromatic heterocycles. The van der Waals surface area contributed by atoms with Gasteiger partial charge in [0.25, 0.3) is 0 Å². The van der Waals surface area contributed by atoms with Gasteiger partial charge in [0.15, 0.2) is 6.29 Å². The number of carbonyl (C=O) groups excluding carboxylic acids is 1. The number of hydrogen-bond acceptors (Lipinski definition) is 7. The topological polar surface area (TPSA) is 98.3 Å². The molecule has 7 rings (SSSR count). The summed E-state index contributed by atoms with van der Waals surface area (Å²) in [6.45, 7) is 2.50. The number of thioether (sulfide) groups is 1. The standard InChI is InChI=1S/C46H44N2O6S/c1-31-42(30-55-43-15-9-8-14-41(43)51-2)53-45(54-44(31)34-18-16-32(29-49)17-19-34)35-22-20-33(21-23-35)40-13-7-6-10-36(40)28-47-46(50)48-37-24-26-39(27-25-37)52-38-11-4-3-5-12-38/h3-27,31,42,44-45,49H,28-30H2,1-2H3,(H2,47,48,50)/t31-,42+,44+,45+/m1/s1. The van der Waals surface area contributed by atoms with Gasteiger partial charge in [0.2, 0.25) is 0 Å². The Morgan fingerprint density at radius 3 is 2.16 bits per heavy atom. The number of nitrogens with one attached hydrogen (secondary N) is 2. The van der Waals surface area contributed by atoms with Crippen LogP contribution in [-0.2, 0) is 22.6 Å². The van der Waals surface area contributed by atoms with E-state index in [2.05, 4.69) is 54.0 Å². The summed E-state index contributed by atoms with van der Waals surface area (Å²) in [5, 5.41) is 15.5. The maximum atomic E-state index is 12.9. The Morgan fingerprint density at radius 2 is 1.42 bits per heavy atom. The third-order valence-corrected chi connectivity index (χ3v) is 10.8. The van der Waals surface area contributed by atoms with Crippen molar-refractivity contribution in [2.45, 2.75) is 43.5 Å². The van der Waals surface area contributed by atoms with Crippen LogP contribution in [0.5, 0.6) is 17.2 Å². The molecule has 6 aromatic rings. The van der Waals surface area contributed by atoms with Crippen molar-refractivity contribution in [1.29, 1.82) is 0 Å². The van der Waals surface area contributed by atoms with E-state index in [-0.39, 0.29) is 30.8 Å². The molecule has 0 saturated carbocycles. The summed E-state index contributed by atoms with van der Waals surface area (Å²) in [6.07, 6.45) is -0.919. The molecule has 8 nitrogen and oxygen atoms in total. The Bertz CT molecular complexity index is 2150. The van der Waals surface area contributed by atoms with Crippen molar-refractivity contribution in [2.75, 3.05) is 18.2 Å². The zero-order chi connectivity index (χ0) is 38.0. The Balaban J connectivity index is 1.02. The van der Waals surface area contributed by atoms with E-state index in [1.54, 1.807) is 18.9 Å². The molecule has 1 saturated heterocycles. The number of methoxy groups -OCH3 is 1. The molecule has 6 aromatic carbocycles. The van der Waals surface area contributed by atoms with Crippen molar-refractivity contribution in [3.63, 3.8) is 0 Å². The second-order valence-corrected chi connectivity index (χ2v) is 14.4. The first kappa shape index (κ1) is 37.7. The van der Waals surface area contributed by atoms with Crippen LogP contribution in [0.1, 0.15) is 41.6 Å². The summed E-state index contributed by atoms with van der Waals surface area (Å²) in [4.78, 5) is 14.0. The van der Waals surface area contributed by atoms with E-state index >= 15 is 0 Å². The number of para-hydroxylation sites is 2. The lowest BCUT2D eigenvalue weighted by atomic mass is 9.91. The van der Waals surface area contributed by atoms with Gasteiger partial charge in [0.1, 0.15) is 17.2 Å². The van der Waals surface area contributed by atoms with Crippen molar-refractivity contribution in [1.82, 2.24) is 5.32 Å². The number of aliphatic hydroxyl groups is 1. The lowest BCUT2D eigenvalue weighted by Gasteiger charge is -2.41. The highest BCUT2D eigenvalue weighted by Gasteiger charge is 2.38. The van der Waals surface area contributed by atoms with E-state index in [4.69, 9.17) is 18.9 Å². The molecule has 1 aliphatic rings. The molecule has 1 heterocycles. The molecule has 0 unspecified atom stereocenters. The van der Waals surface area contributed by atoms with Crippen LogP contribution in [0.3, 0.4) is 0 Å². The summed E-state index contributed by atoms with van der Waals surface area (Å²) in [7, 11) is 1.69. The number of carbonyl (C=O) groups is 1. The second-order valence-electron chi connectivity index (χ2n) is 13.3. The number of benzene rings is 6. The van der Waals surface area contributed by atoms with Crippen LogP contribution in [0.2, 0.25) is 0 Å². The first-order chi connectivity index (χ1) is 27.0. The van der Waals surface area contributed by atoms with Gasteiger partial charge in [-0.2, -0.15) is 0 Å². The van der Waals surface area contributed by atoms with Crippen LogP contribution in [0.25, 0.3) is 11.1 Å². The Labute approximate surface area is 326 Å². The van der Waals surface area contributed by atoms with E-state index in [0.717, 1.165) is 49.8 Å². The number of aliphatic hydroxyl groups excluding tert-OH is 1. The molecule has 280 valence electrons. The fourth-order valence-corrected chi connectivity index (χ4v) is 7.77. The van der Waals surface area contributed by atoms with Gasteiger partial charge in [-0.15, -0.1) is 11.8 Å². The molecule has 3 N–H and O–H groups in total. The molecule has 1 aliphatic heterocycles. The number of rotatable bonds is 13. The molecule has 1 fully saturated rings. The van der Waals surface area contributed by atoms with Gasteiger partial charge in [0, 0.05) is 34.4 Å². The third kappa shape index (κ3) is 9.57. The molecular weight excluding hydrogens is 709 g/mol. The average Bonchev–Trinajstić information content (AvgIpc) is 3.24. The number of hydrogen-bond donors (Lipinski definition) is 3. The minimum Gasteiger partial charge on any atom is -0.496 e. The summed E-state index contributed by atoms with van der Waals surface area (Å²) >= 11 is 1.71. The first-order valence-electron chi connectivity index (χ1n) is 18.3. The maximum Gasteiger partial charge on any atom is 0.319 e.